The van der Waals surface area contributed by atoms with Gasteiger partial charge in [-0.1, -0.05) is 31.2 Å². The zero-order chi connectivity index (χ0) is 43.1. The van der Waals surface area contributed by atoms with E-state index in [1.54, 1.807) is 18.2 Å². The van der Waals surface area contributed by atoms with Crippen molar-refractivity contribution in [1.82, 2.24) is 29.9 Å². The minimum Gasteiger partial charge on any atom is -0.507 e. The van der Waals surface area contributed by atoms with Crippen molar-refractivity contribution >= 4 is 34.0 Å². The number of nitrogens with zero attached hydrogens (tertiary/aromatic N) is 7. The van der Waals surface area contributed by atoms with Crippen molar-refractivity contribution in [2.24, 2.45) is 0 Å². The summed E-state index contributed by atoms with van der Waals surface area (Å²) in [6, 6.07) is 21.8. The third kappa shape index (κ3) is 8.07. The second kappa shape index (κ2) is 16.9. The van der Waals surface area contributed by atoms with Crippen LogP contribution in [0.15, 0.2) is 85.2 Å². The number of aryl methyl sites for hydroxylation is 2. The highest BCUT2D eigenvalue weighted by Crippen LogP contribution is 2.38. The Morgan fingerprint density at radius 2 is 1.83 bits per heavy atom. The number of nitrogen functional groups attached to an aromatic ring is 1. The number of carbonyl (C=O) groups excluding carboxylic acids is 1. The number of piperidine rings is 3. The van der Waals surface area contributed by atoms with E-state index in [0.29, 0.717) is 61.2 Å². The van der Waals surface area contributed by atoms with Crippen LogP contribution >= 0.6 is 0 Å². The van der Waals surface area contributed by atoms with Gasteiger partial charge in [0.05, 0.1) is 19.4 Å². The molecule has 4 aliphatic heterocycles. The predicted octanol–water partition coefficient (Wildman–Crippen LogP) is 7.80. The number of phenolic OH excluding ortho intramolecular Hbond substituents is 1. The molecule has 60 heavy (non-hydrogen) atoms. The van der Waals surface area contributed by atoms with Crippen LogP contribution < -0.4 is 20.9 Å². The van der Waals surface area contributed by atoms with Gasteiger partial charge in [-0.2, -0.15) is 0 Å². The van der Waals surface area contributed by atoms with Crippen molar-refractivity contribution in [3.63, 3.8) is 0 Å². The Hall–Kier alpha value is -5.46. The Balaban J connectivity index is 0.793. The smallest absolute Gasteiger partial charge is 0.253 e. The molecule has 2 unspecified atom stereocenters. The first-order valence-electron chi connectivity index (χ1n) is 22.8. The lowest BCUT2D eigenvalue weighted by Crippen LogP contribution is -2.51. The fraction of sp³-hybridized carbons (Fsp3) is 0.438. The van der Waals surface area contributed by atoms with Crippen molar-refractivity contribution in [2.75, 3.05) is 74.5 Å². The summed E-state index contributed by atoms with van der Waals surface area (Å²) in [5, 5.41) is 23.1. The summed E-state index contributed by atoms with van der Waals surface area (Å²) in [6.07, 6.45) is 11.1. The number of phenols is 1. The Labute approximate surface area is 355 Å². The lowest BCUT2D eigenvalue weighted by molar-refractivity contribution is 0.0158. The lowest BCUT2D eigenvalue weighted by atomic mass is 9.85. The maximum Gasteiger partial charge on any atom is 0.253 e. The van der Waals surface area contributed by atoms with Crippen LogP contribution in [-0.2, 0) is 6.42 Å². The number of para-hydroxylation sites is 1. The molecule has 3 fully saturated rings. The molecule has 0 saturated carbocycles. The van der Waals surface area contributed by atoms with Crippen molar-refractivity contribution in [3.05, 3.63) is 107 Å². The van der Waals surface area contributed by atoms with Crippen LogP contribution in [0.1, 0.15) is 87.2 Å². The van der Waals surface area contributed by atoms with Gasteiger partial charge < -0.3 is 35.0 Å². The van der Waals surface area contributed by atoms with Crippen LogP contribution in [0.4, 0.5) is 21.6 Å². The van der Waals surface area contributed by atoms with Gasteiger partial charge in [-0.15, -0.1) is 10.2 Å². The van der Waals surface area contributed by atoms with Crippen LogP contribution in [0.5, 0.6) is 5.75 Å². The summed E-state index contributed by atoms with van der Waals surface area (Å²) in [7, 11) is 0. The van der Waals surface area contributed by atoms with E-state index in [1.807, 2.05) is 46.3 Å². The first-order chi connectivity index (χ1) is 30.0. The van der Waals surface area contributed by atoms with Gasteiger partial charge in [0.1, 0.15) is 11.4 Å². The van der Waals surface area contributed by atoms with E-state index in [4.69, 9.17) is 8.48 Å². The van der Waals surface area contributed by atoms with E-state index in [9.17, 15) is 9.90 Å². The second-order valence-electron chi connectivity index (χ2n) is 17.2. The van der Waals surface area contributed by atoms with Crippen LogP contribution in [0.2, 0.25) is 0 Å². The quantitative estimate of drug-likeness (QED) is 0.137. The first kappa shape index (κ1) is 37.5. The molecule has 3 aromatic carbocycles. The van der Waals surface area contributed by atoms with Crippen molar-refractivity contribution in [2.45, 2.75) is 76.4 Å². The topological polar surface area (TPSA) is 119 Å². The summed E-state index contributed by atoms with van der Waals surface area (Å²) in [4.78, 5) is 22.1. The summed E-state index contributed by atoms with van der Waals surface area (Å²) in [6.45, 7) is 7.41. The molecule has 9 rings (SSSR count). The molecule has 3 atom stereocenters. The zero-order valence-electron chi connectivity index (χ0n) is 36.7. The molecule has 6 heterocycles. The van der Waals surface area contributed by atoms with E-state index in [2.05, 4.69) is 74.2 Å². The van der Waals surface area contributed by atoms with Gasteiger partial charge in [0.15, 0.2) is 5.82 Å². The minimum atomic E-state index is -1.33. The molecule has 0 bridgehead atoms. The van der Waals surface area contributed by atoms with Gasteiger partial charge in [-0.05, 0) is 104 Å². The number of nitrogens with one attached hydrogen (secondary N) is 1. The highest BCUT2D eigenvalue weighted by Gasteiger charge is 2.39. The average molecular weight is 814 g/mol. The van der Waals surface area contributed by atoms with E-state index in [0.717, 1.165) is 80.6 Å². The molecule has 4 N–H and O–H groups in total. The highest BCUT2D eigenvalue weighted by atomic mass is 19.1. The molecule has 0 aliphatic carbocycles. The summed E-state index contributed by atoms with van der Waals surface area (Å²) in [5.41, 5.74) is 13.4. The molecular weight excluding hydrogens is 754 g/mol. The summed E-state index contributed by atoms with van der Waals surface area (Å²) >= 11 is 0. The number of aromatic hydroxyl groups is 1. The Kier molecular flexibility index (Phi) is 10.6. The Morgan fingerprint density at radius 3 is 2.62 bits per heavy atom. The van der Waals surface area contributed by atoms with E-state index >= 15 is 4.39 Å². The third-order valence-electron chi connectivity index (χ3n) is 13.3. The Morgan fingerprint density at radius 1 is 1.02 bits per heavy atom. The molecule has 3 saturated heterocycles. The van der Waals surface area contributed by atoms with E-state index in [1.165, 1.54) is 16.6 Å². The number of alkyl halides is 1. The highest BCUT2D eigenvalue weighted by molar-refractivity contribution is 5.94. The molecule has 314 valence electrons. The number of amides is 1. The number of anilines is 3. The molecule has 4 aliphatic rings. The van der Waals surface area contributed by atoms with Crippen molar-refractivity contribution in [3.8, 4) is 17.0 Å². The van der Waals surface area contributed by atoms with E-state index in [-0.39, 0.29) is 17.6 Å². The number of halogens is 1. The number of nitrogens with two attached hydrogens (primary N) is 1. The molecule has 0 radical (unpaired) electrons. The number of likely N-dealkylation sites (tertiary alicyclic amines) is 2. The molecule has 12 heteroatoms. The van der Waals surface area contributed by atoms with Gasteiger partial charge in [-0.3, -0.25) is 10.1 Å². The second-order valence-corrected chi connectivity index (χ2v) is 17.2. The first-order valence-corrected chi connectivity index (χ1v) is 21.6. The maximum atomic E-state index is 16.5. The van der Waals surface area contributed by atoms with Crippen LogP contribution in [0, 0.1) is 6.92 Å². The molecule has 5 aromatic rings. The standard InChI is InChI=1S/C48H58FN9O2/c1-3-34-26-35(11-13-39(34)36-8-6-20-56(30-36)44-28-42(52-53-46(44)50)40-9-4-5-10-45(40)59)47(60)55-24-17-48(49,18-25-55)31-54-22-15-37(16-23-54)58-29-33(2)41-27-38(12-14-43(41)58)57-21-7-19-51-32-57/h4-5,7,9-14,21,26-29,36-37,51,59H,3,6,8,15-20,22-25,30-32H2,1-2H3,(H2,50,53)/i19D,32D/t19?,32-,36?/m1/s1. The number of hydrogen-bond donors (Lipinski definition) is 3. The number of aromatic nitrogens is 3. The molecular formula is C48H58FN9O2. The monoisotopic (exact) mass is 813 g/mol. The number of benzene rings is 3. The number of hydrogen-bond acceptors (Lipinski definition) is 9. The maximum absolute atomic E-state index is 16.5. The minimum absolute atomic E-state index is 0.0295. The largest absolute Gasteiger partial charge is 0.507 e. The predicted molar refractivity (Wildman–Crippen MR) is 238 cm³/mol. The number of fused-ring (bicyclic) bond motifs is 1. The normalized spacial score (nSPS) is 23.2. The summed E-state index contributed by atoms with van der Waals surface area (Å²) in [5.74, 6) is 0.715. The van der Waals surface area contributed by atoms with Crippen molar-refractivity contribution < 1.29 is 17.0 Å². The molecule has 11 nitrogen and oxygen atoms in total. The SMILES string of the molecule is [2H]C1C=CN(c2ccc3c(c2)c(C)cn3C2CCN(CC3(F)CCN(C(=O)c4ccc(C5CCCN(c6cc(-c7ccccc7O)nnc6N)C5)c(CC)c4)CC3)CC2)[C@H]([2H])N1. The zero-order valence-corrected chi connectivity index (χ0v) is 34.7. The fourth-order valence-corrected chi connectivity index (χ4v) is 9.96. The van der Waals surface area contributed by atoms with E-state index < -0.39 is 18.8 Å². The van der Waals surface area contributed by atoms with Crippen LogP contribution in [-0.4, -0.2) is 100 Å². The van der Waals surface area contributed by atoms with Gasteiger partial charge in [0.25, 0.3) is 5.91 Å². The number of carbonyl (C=O) groups is 1. The van der Waals surface area contributed by atoms with Gasteiger partial charge >= 0.3 is 0 Å². The fourth-order valence-electron chi connectivity index (χ4n) is 9.96. The van der Waals surface area contributed by atoms with Crippen LogP contribution in [0.3, 0.4) is 0 Å². The molecule has 2 aromatic heterocycles. The van der Waals surface area contributed by atoms with Gasteiger partial charge in [0, 0.05) is 119 Å². The molecule has 1 amide bonds. The van der Waals surface area contributed by atoms with Gasteiger partial charge in [0.2, 0.25) is 0 Å². The van der Waals surface area contributed by atoms with Crippen molar-refractivity contribution in [1.29, 1.82) is 0 Å². The van der Waals surface area contributed by atoms with Gasteiger partial charge in [-0.25, -0.2) is 4.39 Å². The number of rotatable bonds is 9. The third-order valence-corrected chi connectivity index (χ3v) is 13.3. The average Bonchev–Trinajstić information content (AvgIpc) is 3.61. The molecule has 0 spiro atoms. The lowest BCUT2D eigenvalue weighted by Gasteiger charge is -2.41. The summed E-state index contributed by atoms with van der Waals surface area (Å²) < 4.78 is 35.2. The van der Waals surface area contributed by atoms with Crippen LogP contribution in [0.25, 0.3) is 22.2 Å². The Bertz CT molecular complexity index is 2460.